The van der Waals surface area contributed by atoms with Crippen molar-refractivity contribution < 1.29 is 22.7 Å². The van der Waals surface area contributed by atoms with E-state index in [1.54, 1.807) is 46.5 Å². The molecular formula is C22H19F3N4O2. The Hall–Kier alpha value is -3.62. The van der Waals surface area contributed by atoms with Crippen molar-refractivity contribution in [2.45, 2.75) is 26.6 Å². The summed E-state index contributed by atoms with van der Waals surface area (Å²) in [6.07, 6.45) is -4.48. The molecular weight excluding hydrogens is 409 g/mol. The van der Waals surface area contributed by atoms with Gasteiger partial charge in [-0.15, -0.1) is 0 Å². The van der Waals surface area contributed by atoms with Gasteiger partial charge in [0.25, 0.3) is 0 Å². The van der Waals surface area contributed by atoms with Crippen LogP contribution in [-0.4, -0.2) is 32.0 Å². The van der Waals surface area contributed by atoms with Gasteiger partial charge in [-0.2, -0.15) is 23.4 Å². The van der Waals surface area contributed by atoms with Crippen molar-refractivity contribution in [1.29, 1.82) is 0 Å². The number of alkyl halides is 3. The number of benzene rings is 1. The molecule has 0 atom stereocenters. The van der Waals surface area contributed by atoms with Crippen molar-refractivity contribution >= 4 is 11.5 Å². The summed E-state index contributed by atoms with van der Waals surface area (Å²) in [6, 6.07) is 14.0. The number of ether oxygens (including phenoxy) is 1. The predicted molar refractivity (Wildman–Crippen MR) is 108 cm³/mol. The van der Waals surface area contributed by atoms with Gasteiger partial charge in [-0.1, -0.05) is 24.3 Å². The second kappa shape index (κ2) is 7.90. The Morgan fingerprint density at radius 1 is 1.06 bits per heavy atom. The highest BCUT2D eigenvalue weighted by molar-refractivity contribution is 5.87. The summed E-state index contributed by atoms with van der Waals surface area (Å²) in [5.41, 5.74) is 1.81. The number of pyridine rings is 1. The van der Waals surface area contributed by atoms with E-state index in [0.717, 1.165) is 11.8 Å². The lowest BCUT2D eigenvalue weighted by Gasteiger charge is -2.10. The molecule has 0 fully saturated rings. The lowest BCUT2D eigenvalue weighted by Crippen LogP contribution is -2.11. The maximum absolute atomic E-state index is 13.4. The lowest BCUT2D eigenvalue weighted by atomic mass is 10.0. The van der Waals surface area contributed by atoms with E-state index in [1.165, 1.54) is 12.1 Å². The number of rotatable bonds is 5. The number of aromatic nitrogens is 4. The zero-order valence-electron chi connectivity index (χ0n) is 16.8. The minimum atomic E-state index is -4.48. The Kier molecular flexibility index (Phi) is 5.26. The van der Waals surface area contributed by atoms with Crippen LogP contribution in [0, 0.1) is 6.92 Å². The molecule has 0 aliphatic carbocycles. The largest absolute Gasteiger partial charge is 0.461 e. The van der Waals surface area contributed by atoms with Crippen LogP contribution in [0.15, 0.2) is 54.6 Å². The summed E-state index contributed by atoms with van der Waals surface area (Å²) >= 11 is 0. The molecule has 3 aromatic heterocycles. The summed E-state index contributed by atoms with van der Waals surface area (Å²) in [4.78, 5) is 11.9. The molecule has 0 aliphatic rings. The predicted octanol–water partition coefficient (Wildman–Crippen LogP) is 4.75. The van der Waals surface area contributed by atoms with Gasteiger partial charge in [0.1, 0.15) is 0 Å². The first-order chi connectivity index (χ1) is 14.8. The highest BCUT2D eigenvalue weighted by Gasteiger charge is 2.34. The number of fused-ring (bicyclic) bond motifs is 1. The van der Waals surface area contributed by atoms with Crippen molar-refractivity contribution in [1.82, 2.24) is 19.4 Å². The molecule has 0 radical (unpaired) electrons. The van der Waals surface area contributed by atoms with Crippen LogP contribution in [0.5, 0.6) is 0 Å². The van der Waals surface area contributed by atoms with Crippen LogP contribution in [0.3, 0.4) is 0 Å². The van der Waals surface area contributed by atoms with Gasteiger partial charge in [-0.3, -0.25) is 4.68 Å². The quantitative estimate of drug-likeness (QED) is 0.431. The van der Waals surface area contributed by atoms with Gasteiger partial charge < -0.3 is 4.74 Å². The SMILES string of the molecule is CCOC(=O)c1cc(C)n(Cc2cccc3cc(-c4ccccc4C(F)(F)F)nn23)n1. The molecule has 3 heterocycles. The molecule has 0 amide bonds. The smallest absolute Gasteiger partial charge is 0.417 e. The molecule has 0 unspecified atom stereocenters. The first kappa shape index (κ1) is 20.6. The molecule has 1 aromatic carbocycles. The van der Waals surface area contributed by atoms with E-state index in [9.17, 15) is 18.0 Å². The zero-order valence-corrected chi connectivity index (χ0v) is 16.8. The minimum absolute atomic E-state index is 0.0181. The van der Waals surface area contributed by atoms with Crippen molar-refractivity contribution in [2.24, 2.45) is 0 Å². The van der Waals surface area contributed by atoms with E-state index >= 15 is 0 Å². The van der Waals surface area contributed by atoms with E-state index in [1.807, 2.05) is 13.0 Å². The first-order valence-electron chi connectivity index (χ1n) is 9.63. The summed E-state index contributed by atoms with van der Waals surface area (Å²) < 4.78 is 48.5. The van der Waals surface area contributed by atoms with Crippen LogP contribution in [0.25, 0.3) is 16.8 Å². The average Bonchev–Trinajstić information content (AvgIpc) is 3.32. The molecule has 0 saturated heterocycles. The van der Waals surface area contributed by atoms with Crippen LogP contribution in [0.2, 0.25) is 0 Å². The number of carbonyl (C=O) groups is 1. The number of carbonyl (C=O) groups excluding carboxylic acids is 1. The van der Waals surface area contributed by atoms with Gasteiger partial charge in [0.2, 0.25) is 0 Å². The second-order valence-corrected chi connectivity index (χ2v) is 6.98. The van der Waals surface area contributed by atoms with Crippen molar-refractivity contribution in [3.8, 4) is 11.3 Å². The number of nitrogens with zero attached hydrogens (tertiary/aromatic N) is 4. The average molecular weight is 428 g/mol. The second-order valence-electron chi connectivity index (χ2n) is 6.98. The van der Waals surface area contributed by atoms with Crippen molar-refractivity contribution in [3.05, 3.63) is 77.2 Å². The van der Waals surface area contributed by atoms with E-state index in [4.69, 9.17) is 4.74 Å². The number of hydrogen-bond acceptors (Lipinski definition) is 4. The van der Waals surface area contributed by atoms with Gasteiger partial charge in [-0.25, -0.2) is 9.31 Å². The molecule has 4 rings (SSSR count). The number of esters is 1. The Morgan fingerprint density at radius 2 is 1.84 bits per heavy atom. The third-order valence-corrected chi connectivity index (χ3v) is 4.85. The normalized spacial score (nSPS) is 11.8. The van der Waals surface area contributed by atoms with Gasteiger partial charge in [0, 0.05) is 11.3 Å². The fourth-order valence-corrected chi connectivity index (χ4v) is 3.41. The molecule has 0 spiro atoms. The molecule has 31 heavy (non-hydrogen) atoms. The van der Waals surface area contributed by atoms with Crippen LogP contribution in [0.1, 0.15) is 34.4 Å². The molecule has 6 nitrogen and oxygen atoms in total. The first-order valence-corrected chi connectivity index (χ1v) is 9.63. The lowest BCUT2D eigenvalue weighted by molar-refractivity contribution is -0.137. The van der Waals surface area contributed by atoms with Crippen molar-refractivity contribution in [3.63, 3.8) is 0 Å². The van der Waals surface area contributed by atoms with E-state index in [0.29, 0.717) is 11.2 Å². The third-order valence-electron chi connectivity index (χ3n) is 4.85. The summed E-state index contributed by atoms with van der Waals surface area (Å²) in [7, 11) is 0. The zero-order chi connectivity index (χ0) is 22.2. The fraction of sp³-hybridized carbons (Fsp3) is 0.227. The van der Waals surface area contributed by atoms with Crippen LogP contribution < -0.4 is 0 Å². The Morgan fingerprint density at radius 3 is 2.58 bits per heavy atom. The van der Waals surface area contributed by atoms with E-state index in [-0.39, 0.29) is 30.1 Å². The van der Waals surface area contributed by atoms with Crippen LogP contribution in [0.4, 0.5) is 13.2 Å². The van der Waals surface area contributed by atoms with E-state index < -0.39 is 17.7 Å². The number of halogens is 3. The van der Waals surface area contributed by atoms with Crippen LogP contribution in [-0.2, 0) is 17.5 Å². The van der Waals surface area contributed by atoms with Crippen molar-refractivity contribution in [2.75, 3.05) is 6.61 Å². The minimum Gasteiger partial charge on any atom is -0.461 e. The molecule has 0 N–H and O–H groups in total. The van der Waals surface area contributed by atoms with Gasteiger partial charge >= 0.3 is 12.1 Å². The molecule has 0 bridgehead atoms. The maximum atomic E-state index is 13.4. The maximum Gasteiger partial charge on any atom is 0.417 e. The molecule has 4 aromatic rings. The Labute approximate surface area is 175 Å². The summed E-state index contributed by atoms with van der Waals surface area (Å²) in [6.45, 7) is 4.06. The van der Waals surface area contributed by atoms with Crippen LogP contribution >= 0.6 is 0 Å². The van der Waals surface area contributed by atoms with E-state index in [2.05, 4.69) is 10.2 Å². The van der Waals surface area contributed by atoms with Gasteiger partial charge in [0.15, 0.2) is 5.69 Å². The number of hydrogen-bond donors (Lipinski definition) is 0. The van der Waals surface area contributed by atoms with Gasteiger partial charge in [-0.05, 0) is 44.2 Å². The monoisotopic (exact) mass is 428 g/mol. The standard InChI is InChI=1S/C22H19F3N4O2/c1-3-31-21(30)20-11-14(2)28(26-20)13-16-8-6-7-15-12-19(27-29(15)16)17-9-4-5-10-18(17)22(23,24)25/h4-12H,3,13H2,1-2H3. The van der Waals surface area contributed by atoms with Gasteiger partial charge in [0.05, 0.1) is 35.6 Å². The number of aryl methyl sites for hydroxylation is 1. The molecule has 160 valence electrons. The topological polar surface area (TPSA) is 61.4 Å². The third kappa shape index (κ3) is 4.03. The summed E-state index contributed by atoms with van der Waals surface area (Å²) in [5, 5.41) is 8.73. The summed E-state index contributed by atoms with van der Waals surface area (Å²) in [5.74, 6) is -0.507. The molecule has 0 saturated carbocycles. The Balaban J connectivity index is 1.73. The molecule has 9 heteroatoms. The fourth-order valence-electron chi connectivity index (χ4n) is 3.41. The molecule has 0 aliphatic heterocycles. The highest BCUT2D eigenvalue weighted by Crippen LogP contribution is 2.36. The highest BCUT2D eigenvalue weighted by atomic mass is 19.4. The Bertz CT molecular complexity index is 1260.